The van der Waals surface area contributed by atoms with E-state index in [0.717, 1.165) is 108 Å². The van der Waals surface area contributed by atoms with Crippen LogP contribution in [0.4, 0.5) is 4.79 Å². The van der Waals surface area contributed by atoms with E-state index in [2.05, 4.69) is 146 Å². The summed E-state index contributed by atoms with van der Waals surface area (Å²) in [6, 6.07) is 48.0. The largest absolute Gasteiger partial charge is 0.478 e. The van der Waals surface area contributed by atoms with E-state index in [1.165, 1.54) is 0 Å². The molecular weight excluding hydrogens is 1520 g/mol. The maximum absolute atomic E-state index is 13.2. The van der Waals surface area contributed by atoms with Crippen molar-refractivity contribution in [1.29, 1.82) is 0 Å². The van der Waals surface area contributed by atoms with Crippen LogP contribution >= 0.6 is 0 Å². The number of carbonyl (C=O) groups is 5. The van der Waals surface area contributed by atoms with E-state index in [4.69, 9.17) is 52.6 Å². The fourth-order valence-corrected chi connectivity index (χ4v) is 13.0. The molecule has 0 bridgehead atoms. The molecule has 1 atom stereocenters. The smallest absolute Gasteiger partial charge is 0.408 e. The molecule has 0 saturated carbocycles. The molecule has 5 amide bonds. The Bertz CT molecular complexity index is 4070. The minimum absolute atomic E-state index is 0.000550. The first kappa shape index (κ1) is 94.3. The van der Waals surface area contributed by atoms with Gasteiger partial charge >= 0.3 is 6.09 Å². The first-order valence-electron chi connectivity index (χ1n) is 42.4. The van der Waals surface area contributed by atoms with E-state index >= 15 is 0 Å². The molecule has 0 aliphatic heterocycles. The van der Waals surface area contributed by atoms with Gasteiger partial charge in [-0.2, -0.15) is 0 Å². The molecule has 4 aromatic carbocycles. The van der Waals surface area contributed by atoms with E-state index in [1.54, 1.807) is 20.8 Å². The Kier molecular flexibility index (Phi) is 42.3. The molecule has 0 fully saturated rings. The molecule has 5 N–H and O–H groups in total. The SMILES string of the molecule is CC(C)(C)OC(=O)N[C@@H](CCC(=O)NCCCOCCOCCOCCCNC(=O)CCCCn1nnnc1C(C)(C)CCCCOc1cc(-c2ccccc2)cc(-c2ccccc2)n1)C(=O)NCCCOCCOCCOCCCNC(=O)CCCCn1nnnc1C(C)(C)CCCCOc1cc(-c2ccccc2)cc(-c2ccccc2)n1. The Balaban J connectivity index is 0.554. The average Bonchev–Trinajstić information content (AvgIpc) is 1.81. The number of ether oxygens (including phenoxy) is 9. The van der Waals surface area contributed by atoms with Crippen LogP contribution in [0, 0.1) is 0 Å². The van der Waals surface area contributed by atoms with Crippen molar-refractivity contribution >= 4 is 29.7 Å². The molecular formula is C90H127N15O14. The van der Waals surface area contributed by atoms with Crippen molar-refractivity contribution in [3.63, 3.8) is 0 Å². The number of benzene rings is 4. The summed E-state index contributed by atoms with van der Waals surface area (Å²) >= 11 is 0. The lowest BCUT2D eigenvalue weighted by atomic mass is 9.86. The van der Waals surface area contributed by atoms with Crippen LogP contribution in [-0.4, -0.2) is 210 Å². The standard InChI is InChI=1S/C90H127N15O14/c1-88(2,3)119-87(110)97-76(84(109)94-49-31-55-114-61-65-116-63-59-112-53-29-47-92-80(107)41-21-25-51-105-86(99-101-103-105)90(6,7)45-23-27-57-118-83-69-75(71-34-14-9-15-35-71)67-78(96-83)73-38-18-11-19-39-73)42-43-81(108)93-48-30-54-113-60-64-115-62-58-111-52-28-46-91-79(106)40-20-24-50-104-85(98-100-102-104)89(4,5)44-22-26-56-117-82-68-74(70-32-12-8-13-33-70)66-77(95-82)72-36-16-10-17-37-72/h8-19,32-39,66-69,76H,20-31,40-65H2,1-7H3,(H,91,106)(H,92,107)(H,93,108)(H,94,109)(H,97,110)/t76-/m0/s1. The van der Waals surface area contributed by atoms with E-state index in [0.29, 0.717) is 188 Å². The van der Waals surface area contributed by atoms with E-state index < -0.39 is 23.6 Å². The first-order valence-corrected chi connectivity index (χ1v) is 42.4. The zero-order valence-corrected chi connectivity index (χ0v) is 71.0. The van der Waals surface area contributed by atoms with Gasteiger partial charge in [-0.15, -0.1) is 10.2 Å². The van der Waals surface area contributed by atoms with Gasteiger partial charge < -0.3 is 69.2 Å². The molecule has 0 saturated heterocycles. The number of pyridine rings is 2. The zero-order chi connectivity index (χ0) is 84.4. The summed E-state index contributed by atoms with van der Waals surface area (Å²) in [6.07, 6.45) is 10.8. The van der Waals surface area contributed by atoms with Gasteiger partial charge in [-0.25, -0.2) is 24.1 Å². The molecule has 29 nitrogen and oxygen atoms in total. The van der Waals surface area contributed by atoms with Gasteiger partial charge in [0.2, 0.25) is 35.4 Å². The quantitative estimate of drug-likeness (QED) is 0.0221. The maximum atomic E-state index is 13.2. The number of unbranched alkanes of at least 4 members (excludes halogenated alkanes) is 4. The predicted octanol–water partition coefficient (Wildman–Crippen LogP) is 13.0. The number of nitrogens with one attached hydrogen (secondary N) is 5. The van der Waals surface area contributed by atoms with Gasteiger partial charge in [0.05, 0.1) is 77.5 Å². The highest BCUT2D eigenvalue weighted by Gasteiger charge is 2.30. The van der Waals surface area contributed by atoms with Gasteiger partial charge in [-0.3, -0.25) is 19.2 Å². The zero-order valence-electron chi connectivity index (χ0n) is 71.0. The van der Waals surface area contributed by atoms with Gasteiger partial charge in [0.15, 0.2) is 11.6 Å². The summed E-state index contributed by atoms with van der Waals surface area (Å²) < 4.78 is 55.6. The Labute approximate surface area is 702 Å². The van der Waals surface area contributed by atoms with Crippen LogP contribution < -0.4 is 36.1 Å². The first-order chi connectivity index (χ1) is 57.8. The van der Waals surface area contributed by atoms with Crippen molar-refractivity contribution in [1.82, 2.24) is 77.0 Å². The van der Waals surface area contributed by atoms with Crippen LogP contribution in [-0.2, 0) is 76.3 Å². The number of amides is 5. The Hall–Kier alpha value is -10.2. The van der Waals surface area contributed by atoms with Crippen molar-refractivity contribution in [3.05, 3.63) is 157 Å². The topological polar surface area (TPSA) is 342 Å². The predicted molar refractivity (Wildman–Crippen MR) is 456 cm³/mol. The Morgan fingerprint density at radius 3 is 1.10 bits per heavy atom. The number of aryl methyl sites for hydroxylation is 2. The van der Waals surface area contributed by atoms with E-state index in [-0.39, 0.29) is 47.9 Å². The van der Waals surface area contributed by atoms with Crippen LogP contribution in [0.3, 0.4) is 0 Å². The number of hydrogen-bond donors (Lipinski definition) is 5. The summed E-state index contributed by atoms with van der Waals surface area (Å²) in [6.45, 7) is 22.7. The van der Waals surface area contributed by atoms with Crippen molar-refractivity contribution < 1.29 is 66.6 Å². The fourth-order valence-electron chi connectivity index (χ4n) is 13.0. The lowest BCUT2D eigenvalue weighted by Gasteiger charge is -2.23. The summed E-state index contributed by atoms with van der Waals surface area (Å²) in [4.78, 5) is 73.6. The fraction of sp³-hybridized carbons (Fsp3) is 0.544. The summed E-state index contributed by atoms with van der Waals surface area (Å²) in [5.41, 5.74) is 6.84. The molecule has 0 unspecified atom stereocenters. The van der Waals surface area contributed by atoms with Crippen LogP contribution in [0.15, 0.2) is 146 Å². The third kappa shape index (κ3) is 37.3. The van der Waals surface area contributed by atoms with Gasteiger partial charge in [-0.1, -0.05) is 149 Å². The molecule has 0 aliphatic carbocycles. The molecule has 0 aliphatic rings. The van der Waals surface area contributed by atoms with Crippen molar-refractivity contribution in [3.8, 4) is 56.5 Å². The number of tetrazole rings is 2. The second kappa shape index (κ2) is 53.4. The third-order valence-electron chi connectivity index (χ3n) is 19.5. The van der Waals surface area contributed by atoms with Gasteiger partial charge in [0, 0.05) is 119 Å². The van der Waals surface area contributed by atoms with E-state index in [1.807, 2.05) is 94.3 Å². The van der Waals surface area contributed by atoms with Crippen LogP contribution in [0.5, 0.6) is 11.8 Å². The molecule has 119 heavy (non-hydrogen) atoms. The number of carbonyl (C=O) groups excluding carboxylic acids is 5. The van der Waals surface area contributed by atoms with Gasteiger partial charge in [0.1, 0.15) is 11.6 Å². The second-order valence-corrected chi connectivity index (χ2v) is 31.5. The maximum Gasteiger partial charge on any atom is 0.408 e. The number of aromatic nitrogens is 10. The summed E-state index contributed by atoms with van der Waals surface area (Å²) in [5.74, 6) is 2.16. The van der Waals surface area contributed by atoms with Crippen LogP contribution in [0.2, 0.25) is 0 Å². The Morgan fingerprint density at radius 2 is 0.723 bits per heavy atom. The van der Waals surface area contributed by atoms with Crippen molar-refractivity contribution in [2.45, 2.75) is 200 Å². The third-order valence-corrected chi connectivity index (χ3v) is 19.5. The van der Waals surface area contributed by atoms with Crippen LogP contribution in [0.1, 0.15) is 176 Å². The molecule has 29 heteroatoms. The Morgan fingerprint density at radius 1 is 0.370 bits per heavy atom. The van der Waals surface area contributed by atoms with Crippen molar-refractivity contribution in [2.24, 2.45) is 0 Å². The van der Waals surface area contributed by atoms with Crippen molar-refractivity contribution in [2.75, 3.05) is 119 Å². The molecule has 646 valence electrons. The van der Waals surface area contributed by atoms with Gasteiger partial charge in [-0.05, 0) is 172 Å². The minimum atomic E-state index is -1.000. The second-order valence-electron chi connectivity index (χ2n) is 31.5. The van der Waals surface area contributed by atoms with Crippen LogP contribution in [0.25, 0.3) is 44.8 Å². The average molecular weight is 1640 g/mol. The lowest BCUT2D eigenvalue weighted by molar-refractivity contribution is -0.124. The highest BCUT2D eigenvalue weighted by molar-refractivity contribution is 5.86. The van der Waals surface area contributed by atoms with Gasteiger partial charge in [0.25, 0.3) is 0 Å². The molecule has 0 spiro atoms. The molecule has 8 rings (SSSR count). The monoisotopic (exact) mass is 1640 g/mol. The number of rotatable bonds is 61. The van der Waals surface area contributed by atoms with E-state index in [9.17, 15) is 24.0 Å². The lowest BCUT2D eigenvalue weighted by Crippen LogP contribution is -2.48. The highest BCUT2D eigenvalue weighted by Crippen LogP contribution is 2.33. The molecule has 4 heterocycles. The highest BCUT2D eigenvalue weighted by atomic mass is 16.6. The molecule has 8 aromatic rings. The molecule has 0 radical (unpaired) electrons. The number of nitrogens with zero attached hydrogens (tertiary/aromatic N) is 10. The summed E-state index contributed by atoms with van der Waals surface area (Å²) in [7, 11) is 0. The minimum Gasteiger partial charge on any atom is -0.478 e. The number of alkyl carbamates (subject to hydrolysis) is 1. The number of hydrogen-bond acceptors (Lipinski definition) is 22. The summed E-state index contributed by atoms with van der Waals surface area (Å²) in [5, 5.41) is 39.6. The molecule has 4 aromatic heterocycles. The normalized spacial score (nSPS) is 11.9.